The molecule has 0 aliphatic rings. The minimum Gasteiger partial charge on any atom is -0.481 e. The van der Waals surface area contributed by atoms with E-state index in [4.69, 9.17) is 22.2 Å². The van der Waals surface area contributed by atoms with Crippen molar-refractivity contribution < 1.29 is 14.3 Å². The third-order valence-corrected chi connectivity index (χ3v) is 3.61. The van der Waals surface area contributed by atoms with E-state index in [0.717, 1.165) is 5.56 Å². The third-order valence-electron chi connectivity index (χ3n) is 3.38. The number of hydrogen-bond acceptors (Lipinski definition) is 4. The van der Waals surface area contributed by atoms with E-state index in [1.54, 1.807) is 49.4 Å². The number of nitrogens with two attached hydrogens (primary N) is 1. The van der Waals surface area contributed by atoms with Crippen LogP contribution in [0.15, 0.2) is 42.5 Å². The molecule has 0 fully saturated rings. The smallest absolute Gasteiger partial charge is 0.274 e. The second-order valence-electron chi connectivity index (χ2n) is 5.21. The van der Waals surface area contributed by atoms with Crippen molar-refractivity contribution in [3.05, 3.63) is 58.6 Å². The molecule has 2 aromatic carbocycles. The molecule has 2 rings (SSSR count). The van der Waals surface area contributed by atoms with Crippen LogP contribution in [0.5, 0.6) is 5.75 Å². The summed E-state index contributed by atoms with van der Waals surface area (Å²) in [6, 6.07) is 11.7. The fourth-order valence-electron chi connectivity index (χ4n) is 2.02. The summed E-state index contributed by atoms with van der Waals surface area (Å²) in [7, 11) is 0. The Morgan fingerprint density at radius 3 is 2.42 bits per heavy atom. The van der Waals surface area contributed by atoms with Gasteiger partial charge in [0.15, 0.2) is 6.10 Å². The molecule has 0 heterocycles. The largest absolute Gasteiger partial charge is 0.481 e. The second-order valence-corrected chi connectivity index (χ2v) is 5.64. The molecular formula is C17H18ClN3O3. The first kappa shape index (κ1) is 17.8. The van der Waals surface area contributed by atoms with Crippen LogP contribution in [0.1, 0.15) is 22.8 Å². The van der Waals surface area contributed by atoms with Gasteiger partial charge in [-0.25, -0.2) is 5.84 Å². The highest BCUT2D eigenvalue weighted by molar-refractivity contribution is 6.30. The Bertz CT molecular complexity index is 747. The average molecular weight is 348 g/mol. The molecule has 2 aromatic rings. The number of nitrogens with one attached hydrogen (secondary N) is 2. The Kier molecular flexibility index (Phi) is 5.78. The van der Waals surface area contributed by atoms with Crippen molar-refractivity contribution in [2.24, 2.45) is 5.84 Å². The first-order chi connectivity index (χ1) is 11.4. The summed E-state index contributed by atoms with van der Waals surface area (Å²) in [6.45, 7) is 3.44. The Labute approximate surface area is 144 Å². The predicted octanol–water partition coefficient (Wildman–Crippen LogP) is 2.66. The van der Waals surface area contributed by atoms with Crippen LogP contribution in [0.3, 0.4) is 0 Å². The third kappa shape index (κ3) is 4.47. The van der Waals surface area contributed by atoms with Crippen molar-refractivity contribution in [1.82, 2.24) is 5.43 Å². The first-order valence-corrected chi connectivity index (χ1v) is 7.63. The maximum Gasteiger partial charge on any atom is 0.274 e. The maximum absolute atomic E-state index is 12.3. The summed E-state index contributed by atoms with van der Waals surface area (Å²) in [5, 5.41) is 3.44. The molecule has 0 spiro atoms. The van der Waals surface area contributed by atoms with Gasteiger partial charge in [-0.1, -0.05) is 11.6 Å². The minimum atomic E-state index is -0.730. The van der Waals surface area contributed by atoms with Gasteiger partial charge < -0.3 is 10.1 Å². The van der Waals surface area contributed by atoms with E-state index < -0.39 is 12.0 Å². The number of rotatable bonds is 5. The van der Waals surface area contributed by atoms with Crippen molar-refractivity contribution in [3.63, 3.8) is 0 Å². The molecule has 0 saturated heterocycles. The molecule has 0 radical (unpaired) electrons. The molecule has 126 valence electrons. The van der Waals surface area contributed by atoms with Gasteiger partial charge in [0, 0.05) is 16.3 Å². The van der Waals surface area contributed by atoms with E-state index in [2.05, 4.69) is 5.32 Å². The molecule has 24 heavy (non-hydrogen) atoms. The molecule has 6 nitrogen and oxygen atoms in total. The lowest BCUT2D eigenvalue weighted by molar-refractivity contribution is -0.127. The number of ether oxygens (including phenoxy) is 1. The fraction of sp³-hybridized carbons (Fsp3) is 0.176. The number of carbonyl (C=O) groups excluding carboxylic acids is 2. The van der Waals surface area contributed by atoms with E-state index in [-0.39, 0.29) is 5.91 Å². The van der Waals surface area contributed by atoms with Crippen LogP contribution in [0, 0.1) is 6.92 Å². The zero-order valence-electron chi connectivity index (χ0n) is 13.3. The Morgan fingerprint density at radius 2 is 1.83 bits per heavy atom. The van der Waals surface area contributed by atoms with Gasteiger partial charge in [-0.15, -0.1) is 0 Å². The van der Waals surface area contributed by atoms with Crippen LogP contribution in [-0.2, 0) is 4.79 Å². The predicted molar refractivity (Wildman–Crippen MR) is 93.0 cm³/mol. The highest BCUT2D eigenvalue weighted by Crippen LogP contribution is 2.21. The summed E-state index contributed by atoms with van der Waals surface area (Å²) in [6.07, 6.45) is -0.730. The zero-order chi connectivity index (χ0) is 17.7. The molecule has 1 unspecified atom stereocenters. The summed E-state index contributed by atoms with van der Waals surface area (Å²) in [5.74, 6) is 4.82. The number of benzene rings is 2. The van der Waals surface area contributed by atoms with Gasteiger partial charge in [-0.3, -0.25) is 15.0 Å². The quantitative estimate of drug-likeness (QED) is 0.440. The van der Waals surface area contributed by atoms with Crippen LogP contribution in [0.25, 0.3) is 0 Å². The monoisotopic (exact) mass is 347 g/mol. The first-order valence-electron chi connectivity index (χ1n) is 7.25. The van der Waals surface area contributed by atoms with Gasteiger partial charge in [0.2, 0.25) is 0 Å². The van der Waals surface area contributed by atoms with Gasteiger partial charge in [-0.2, -0.15) is 0 Å². The normalized spacial score (nSPS) is 11.5. The molecule has 0 aliphatic carbocycles. The number of hydrogen-bond donors (Lipinski definition) is 3. The van der Waals surface area contributed by atoms with E-state index >= 15 is 0 Å². The minimum absolute atomic E-state index is 0.250. The lowest BCUT2D eigenvalue weighted by atomic mass is 10.1. The Morgan fingerprint density at radius 1 is 1.17 bits per heavy atom. The van der Waals surface area contributed by atoms with E-state index in [1.165, 1.54) is 0 Å². The van der Waals surface area contributed by atoms with Gasteiger partial charge in [-0.05, 0) is 61.9 Å². The summed E-state index contributed by atoms with van der Waals surface area (Å²) >= 11 is 5.90. The molecule has 0 aliphatic heterocycles. The Balaban J connectivity index is 2.04. The number of aryl methyl sites for hydroxylation is 1. The van der Waals surface area contributed by atoms with Crippen molar-refractivity contribution in [3.8, 4) is 5.75 Å². The molecular weight excluding hydrogens is 330 g/mol. The average Bonchev–Trinajstić information content (AvgIpc) is 2.57. The standard InChI is InChI=1S/C17H18ClN3O3/c1-10-9-13(18)5-8-15(10)20-17(23)12-3-6-14(7-4-12)24-11(2)16(22)21-19/h3-9,11H,19H2,1-2H3,(H,20,23)(H,21,22). The molecule has 1 atom stereocenters. The maximum atomic E-state index is 12.3. The van der Waals surface area contributed by atoms with Crippen molar-refractivity contribution in [1.29, 1.82) is 0 Å². The zero-order valence-corrected chi connectivity index (χ0v) is 14.1. The number of amides is 2. The van der Waals surface area contributed by atoms with Crippen LogP contribution in [0.2, 0.25) is 5.02 Å². The van der Waals surface area contributed by atoms with Crippen LogP contribution in [-0.4, -0.2) is 17.9 Å². The SMILES string of the molecule is Cc1cc(Cl)ccc1NC(=O)c1ccc(OC(C)C(=O)NN)cc1. The second kappa shape index (κ2) is 7.81. The summed E-state index contributed by atoms with van der Waals surface area (Å²) < 4.78 is 5.41. The molecule has 0 bridgehead atoms. The summed E-state index contributed by atoms with van der Waals surface area (Å²) in [4.78, 5) is 23.6. The molecule has 0 saturated carbocycles. The highest BCUT2D eigenvalue weighted by Gasteiger charge is 2.13. The number of halogens is 1. The van der Waals surface area contributed by atoms with Crippen LogP contribution < -0.4 is 21.3 Å². The topological polar surface area (TPSA) is 93.4 Å². The van der Waals surface area contributed by atoms with Gasteiger partial charge in [0.1, 0.15) is 5.75 Å². The molecule has 7 heteroatoms. The number of carbonyl (C=O) groups is 2. The van der Waals surface area contributed by atoms with Crippen molar-refractivity contribution >= 4 is 29.1 Å². The summed E-state index contributed by atoms with van der Waals surface area (Å²) in [5.41, 5.74) is 4.04. The van der Waals surface area contributed by atoms with Crippen molar-refractivity contribution in [2.75, 3.05) is 5.32 Å². The molecule has 2 amide bonds. The lowest BCUT2D eigenvalue weighted by Crippen LogP contribution is -2.40. The van der Waals surface area contributed by atoms with Crippen LogP contribution in [0.4, 0.5) is 5.69 Å². The van der Waals surface area contributed by atoms with E-state index in [9.17, 15) is 9.59 Å². The highest BCUT2D eigenvalue weighted by atomic mass is 35.5. The molecule has 4 N–H and O–H groups in total. The van der Waals surface area contributed by atoms with Gasteiger partial charge in [0.05, 0.1) is 0 Å². The van der Waals surface area contributed by atoms with Gasteiger partial charge in [0.25, 0.3) is 11.8 Å². The van der Waals surface area contributed by atoms with E-state index in [1.807, 2.05) is 12.3 Å². The fourth-order valence-corrected chi connectivity index (χ4v) is 2.25. The lowest BCUT2D eigenvalue weighted by Gasteiger charge is -2.13. The molecule has 0 aromatic heterocycles. The van der Waals surface area contributed by atoms with E-state index in [0.29, 0.717) is 22.0 Å². The van der Waals surface area contributed by atoms with Crippen molar-refractivity contribution in [2.45, 2.75) is 20.0 Å². The van der Waals surface area contributed by atoms with Crippen LogP contribution >= 0.6 is 11.6 Å². The van der Waals surface area contributed by atoms with Gasteiger partial charge >= 0.3 is 0 Å². The number of anilines is 1. The number of hydrazine groups is 1. The Hall–Kier alpha value is -2.57.